The van der Waals surface area contributed by atoms with Gasteiger partial charge in [-0.25, -0.2) is 14.6 Å². The Kier molecular flexibility index (Phi) is 4.35. The molecule has 0 spiro atoms. The topological polar surface area (TPSA) is 55.6 Å². The van der Waals surface area contributed by atoms with E-state index >= 15 is 0 Å². The van der Waals surface area contributed by atoms with Gasteiger partial charge in [0.15, 0.2) is 5.65 Å². The maximum absolute atomic E-state index is 4.42. The van der Waals surface area contributed by atoms with Crippen LogP contribution in [-0.4, -0.2) is 25.3 Å². The first-order valence-corrected chi connectivity index (χ1v) is 8.41. The highest BCUT2D eigenvalue weighted by Gasteiger charge is 2.21. The highest BCUT2D eigenvalue weighted by atomic mass is 79.9. The average Bonchev–Trinajstić information content (AvgIpc) is 2.82. The summed E-state index contributed by atoms with van der Waals surface area (Å²) in [6, 6.07) is 10.5. The first-order chi connectivity index (χ1) is 11.0. The number of rotatable bonds is 5. The van der Waals surface area contributed by atoms with Crippen LogP contribution in [0.5, 0.6) is 0 Å². The lowest BCUT2D eigenvalue weighted by molar-refractivity contribution is 0.517. The summed E-state index contributed by atoms with van der Waals surface area (Å²) in [5.41, 5.74) is 2.07. The molecule has 0 saturated carbocycles. The second-order valence-corrected chi connectivity index (χ2v) is 7.08. The molecule has 5 nitrogen and oxygen atoms in total. The molecule has 120 valence electrons. The first kappa shape index (κ1) is 15.9. The lowest BCUT2D eigenvalue weighted by Crippen LogP contribution is -2.32. The number of aromatic nitrogens is 4. The number of nitrogens with zero attached hydrogens (tertiary/aromatic N) is 4. The fourth-order valence-electron chi connectivity index (χ4n) is 2.62. The monoisotopic (exact) mass is 373 g/mol. The predicted octanol–water partition coefficient (Wildman–Crippen LogP) is 3.95. The lowest BCUT2D eigenvalue weighted by Gasteiger charge is -2.27. The highest BCUT2D eigenvalue weighted by molar-refractivity contribution is 9.10. The molecule has 0 atom stereocenters. The van der Waals surface area contributed by atoms with Crippen LogP contribution in [0.2, 0.25) is 0 Å². The number of halogens is 1. The van der Waals surface area contributed by atoms with Crippen molar-refractivity contribution < 1.29 is 0 Å². The number of fused-ring (bicyclic) bond motifs is 1. The quantitative estimate of drug-likeness (QED) is 0.735. The lowest BCUT2D eigenvalue weighted by atomic mass is 9.95. The van der Waals surface area contributed by atoms with Crippen molar-refractivity contribution in [2.24, 2.45) is 7.05 Å². The molecule has 0 amide bonds. The zero-order valence-electron chi connectivity index (χ0n) is 13.5. The number of benzene rings is 1. The summed E-state index contributed by atoms with van der Waals surface area (Å²) < 4.78 is 2.51. The molecule has 0 fully saturated rings. The van der Waals surface area contributed by atoms with Gasteiger partial charge < -0.3 is 5.32 Å². The van der Waals surface area contributed by atoms with Gasteiger partial charge in [0.1, 0.15) is 16.7 Å². The number of nitrogens with one attached hydrogen (secondary N) is 1. The molecule has 1 N–H and O–H groups in total. The largest absolute Gasteiger partial charge is 0.364 e. The Morgan fingerprint density at radius 3 is 2.65 bits per heavy atom. The summed E-state index contributed by atoms with van der Waals surface area (Å²) in [5.74, 6) is 0.813. The van der Waals surface area contributed by atoms with E-state index in [1.54, 1.807) is 11.0 Å². The van der Waals surface area contributed by atoms with Crippen LogP contribution in [0.25, 0.3) is 11.0 Å². The van der Waals surface area contributed by atoms with Gasteiger partial charge in [-0.1, -0.05) is 30.3 Å². The maximum atomic E-state index is 4.42. The highest BCUT2D eigenvalue weighted by Crippen LogP contribution is 2.29. The minimum Gasteiger partial charge on any atom is -0.364 e. The number of aryl methyl sites for hydroxylation is 2. The van der Waals surface area contributed by atoms with Gasteiger partial charge in [-0.05, 0) is 48.2 Å². The summed E-state index contributed by atoms with van der Waals surface area (Å²) in [5, 5.41) is 8.84. The molecule has 0 unspecified atom stereocenters. The molecule has 2 aromatic heterocycles. The standard InChI is InChI=1S/C17H20BrN5/c1-17(2,10-9-12-7-5-4-6-8-12)21-15-13-14(18)22-23(3)16(13)20-11-19-15/h4-8,11H,9-10H2,1-3H3,(H,19,20,21). The third-order valence-electron chi connectivity index (χ3n) is 3.92. The molecule has 0 aliphatic carbocycles. The number of hydrogen-bond acceptors (Lipinski definition) is 4. The van der Waals surface area contributed by atoms with E-state index in [4.69, 9.17) is 0 Å². The molecule has 0 saturated heterocycles. The Labute approximate surface area is 144 Å². The van der Waals surface area contributed by atoms with Gasteiger partial charge in [0, 0.05) is 12.6 Å². The Hall–Kier alpha value is -1.95. The Bertz CT molecular complexity index is 810. The van der Waals surface area contributed by atoms with E-state index in [1.807, 2.05) is 13.1 Å². The molecule has 0 bridgehead atoms. The SMILES string of the molecule is Cn1nc(Br)c2c(NC(C)(C)CCc3ccccc3)ncnc21. The van der Waals surface area contributed by atoms with Gasteiger partial charge in [-0.3, -0.25) is 0 Å². The van der Waals surface area contributed by atoms with E-state index in [0.29, 0.717) is 0 Å². The fraction of sp³-hybridized carbons (Fsp3) is 0.353. The molecule has 1 aromatic carbocycles. The van der Waals surface area contributed by atoms with Gasteiger partial charge in [0.2, 0.25) is 0 Å². The third kappa shape index (κ3) is 3.52. The molecule has 0 radical (unpaired) electrons. The van der Waals surface area contributed by atoms with E-state index in [-0.39, 0.29) is 5.54 Å². The van der Waals surface area contributed by atoms with Crippen LogP contribution in [0.15, 0.2) is 41.3 Å². The van der Waals surface area contributed by atoms with Crippen molar-refractivity contribution in [2.45, 2.75) is 32.2 Å². The zero-order chi connectivity index (χ0) is 16.4. The maximum Gasteiger partial charge on any atom is 0.164 e. The molecule has 3 rings (SSSR count). The predicted molar refractivity (Wildman–Crippen MR) is 96.5 cm³/mol. The zero-order valence-corrected chi connectivity index (χ0v) is 15.1. The summed E-state index contributed by atoms with van der Waals surface area (Å²) in [6.07, 6.45) is 3.59. The minimum absolute atomic E-state index is 0.0909. The fourth-order valence-corrected chi connectivity index (χ4v) is 3.22. The minimum atomic E-state index is -0.0909. The normalized spacial score (nSPS) is 11.8. The van der Waals surface area contributed by atoms with E-state index in [0.717, 1.165) is 34.3 Å². The van der Waals surface area contributed by atoms with Crippen LogP contribution >= 0.6 is 15.9 Å². The Morgan fingerprint density at radius 2 is 1.91 bits per heavy atom. The summed E-state index contributed by atoms with van der Waals surface area (Å²) in [7, 11) is 1.88. The summed E-state index contributed by atoms with van der Waals surface area (Å²) in [6.45, 7) is 4.38. The molecular weight excluding hydrogens is 354 g/mol. The average molecular weight is 374 g/mol. The van der Waals surface area contributed by atoms with Gasteiger partial charge in [-0.2, -0.15) is 5.10 Å². The van der Waals surface area contributed by atoms with Crippen molar-refractivity contribution in [1.82, 2.24) is 19.7 Å². The van der Waals surface area contributed by atoms with Crippen molar-refractivity contribution >= 4 is 32.8 Å². The van der Waals surface area contributed by atoms with Crippen molar-refractivity contribution in [2.75, 3.05) is 5.32 Å². The second kappa shape index (κ2) is 6.28. The number of hydrogen-bond donors (Lipinski definition) is 1. The van der Waals surface area contributed by atoms with E-state index in [9.17, 15) is 0 Å². The van der Waals surface area contributed by atoms with Crippen LogP contribution in [0.1, 0.15) is 25.8 Å². The van der Waals surface area contributed by atoms with Crippen LogP contribution in [0.3, 0.4) is 0 Å². The van der Waals surface area contributed by atoms with Gasteiger partial charge in [0.05, 0.1) is 5.39 Å². The number of anilines is 1. The van der Waals surface area contributed by atoms with Crippen molar-refractivity contribution in [3.8, 4) is 0 Å². The molecule has 23 heavy (non-hydrogen) atoms. The van der Waals surface area contributed by atoms with Crippen LogP contribution in [-0.2, 0) is 13.5 Å². The van der Waals surface area contributed by atoms with Crippen molar-refractivity contribution in [1.29, 1.82) is 0 Å². The van der Waals surface area contributed by atoms with Crippen LogP contribution < -0.4 is 5.32 Å². The van der Waals surface area contributed by atoms with E-state index in [1.165, 1.54) is 5.56 Å². The van der Waals surface area contributed by atoms with Crippen molar-refractivity contribution in [3.05, 3.63) is 46.8 Å². The smallest absolute Gasteiger partial charge is 0.164 e. The van der Waals surface area contributed by atoms with Gasteiger partial charge >= 0.3 is 0 Å². The van der Waals surface area contributed by atoms with Crippen LogP contribution in [0.4, 0.5) is 5.82 Å². The van der Waals surface area contributed by atoms with Gasteiger partial charge in [0.25, 0.3) is 0 Å². The molecule has 0 aliphatic heterocycles. The van der Waals surface area contributed by atoms with E-state index < -0.39 is 0 Å². The van der Waals surface area contributed by atoms with E-state index in [2.05, 4.69) is 74.4 Å². The molecule has 2 heterocycles. The second-order valence-electron chi connectivity index (χ2n) is 6.33. The third-order valence-corrected chi connectivity index (χ3v) is 4.47. The molecule has 6 heteroatoms. The van der Waals surface area contributed by atoms with Gasteiger partial charge in [-0.15, -0.1) is 0 Å². The van der Waals surface area contributed by atoms with Crippen molar-refractivity contribution in [3.63, 3.8) is 0 Å². The summed E-state index contributed by atoms with van der Waals surface area (Å²) >= 11 is 3.50. The summed E-state index contributed by atoms with van der Waals surface area (Å²) in [4.78, 5) is 8.72. The molecular formula is C17H20BrN5. The molecule has 0 aliphatic rings. The Morgan fingerprint density at radius 1 is 1.17 bits per heavy atom. The Balaban J connectivity index is 1.80. The molecule has 3 aromatic rings. The van der Waals surface area contributed by atoms with Crippen LogP contribution in [0, 0.1) is 0 Å². The first-order valence-electron chi connectivity index (χ1n) is 7.61.